The van der Waals surface area contributed by atoms with Crippen LogP contribution in [0.3, 0.4) is 0 Å². The Labute approximate surface area is 103 Å². The van der Waals surface area contributed by atoms with E-state index >= 15 is 0 Å². The van der Waals surface area contributed by atoms with E-state index in [2.05, 4.69) is 48.4 Å². The lowest BCUT2D eigenvalue weighted by Gasteiger charge is -2.30. The number of hydrogen-bond acceptors (Lipinski definition) is 4. The lowest BCUT2D eigenvalue weighted by Crippen LogP contribution is -2.38. The van der Waals surface area contributed by atoms with Crippen molar-refractivity contribution in [2.75, 3.05) is 26.7 Å². The second-order valence-electron chi connectivity index (χ2n) is 5.10. The zero-order valence-corrected chi connectivity index (χ0v) is 11.6. The molecule has 0 spiro atoms. The van der Waals surface area contributed by atoms with Crippen molar-refractivity contribution in [3.63, 3.8) is 0 Å². The smallest absolute Gasteiger partial charge is 0.0795 e. The molecule has 0 fully saturated rings. The molecular weight excluding hydrogens is 218 g/mol. The molecule has 0 aliphatic heterocycles. The van der Waals surface area contributed by atoms with Gasteiger partial charge in [-0.2, -0.15) is 0 Å². The fraction of sp³-hybridized carbons (Fsp3) is 0.750. The first kappa shape index (κ1) is 13.6. The molecule has 1 N–H and O–H groups in total. The summed E-state index contributed by atoms with van der Waals surface area (Å²) in [4.78, 5) is 6.65. The van der Waals surface area contributed by atoms with Crippen LogP contribution in [-0.4, -0.2) is 36.6 Å². The van der Waals surface area contributed by atoms with Crippen molar-refractivity contribution in [2.24, 2.45) is 5.41 Å². The van der Waals surface area contributed by atoms with Crippen molar-refractivity contribution in [3.05, 3.63) is 16.6 Å². The summed E-state index contributed by atoms with van der Waals surface area (Å²) in [6.07, 6.45) is 0. The summed E-state index contributed by atoms with van der Waals surface area (Å²) in [7, 11) is 2.16. The molecule has 16 heavy (non-hydrogen) atoms. The molecule has 0 saturated heterocycles. The minimum Gasteiger partial charge on any atom is -0.316 e. The molecule has 1 aromatic heterocycles. The van der Waals surface area contributed by atoms with Gasteiger partial charge in [0.25, 0.3) is 0 Å². The third-order valence-electron chi connectivity index (χ3n) is 2.47. The molecule has 1 rings (SSSR count). The highest BCUT2D eigenvalue weighted by Gasteiger charge is 2.19. The summed E-state index contributed by atoms with van der Waals surface area (Å²) in [5, 5.41) is 5.53. The van der Waals surface area contributed by atoms with Gasteiger partial charge in [0.1, 0.15) is 0 Å². The number of nitrogens with one attached hydrogen (secondary N) is 1. The highest BCUT2D eigenvalue weighted by molar-refractivity contribution is 7.07. The van der Waals surface area contributed by atoms with Gasteiger partial charge in [0, 0.05) is 25.0 Å². The summed E-state index contributed by atoms with van der Waals surface area (Å²) in [6.45, 7) is 10.9. The van der Waals surface area contributed by atoms with Gasteiger partial charge in [0.15, 0.2) is 0 Å². The summed E-state index contributed by atoms with van der Waals surface area (Å²) < 4.78 is 0. The van der Waals surface area contributed by atoms with Gasteiger partial charge in [-0.25, -0.2) is 4.98 Å². The Morgan fingerprint density at radius 1 is 1.50 bits per heavy atom. The number of aromatic nitrogens is 1. The summed E-state index contributed by atoms with van der Waals surface area (Å²) in [6, 6.07) is 0. The van der Waals surface area contributed by atoms with Crippen LogP contribution >= 0.6 is 11.3 Å². The van der Waals surface area contributed by atoms with Crippen LogP contribution < -0.4 is 5.32 Å². The van der Waals surface area contributed by atoms with Gasteiger partial charge in [-0.15, -0.1) is 11.3 Å². The van der Waals surface area contributed by atoms with E-state index in [1.54, 1.807) is 11.3 Å². The van der Waals surface area contributed by atoms with Crippen LogP contribution in [-0.2, 0) is 6.54 Å². The van der Waals surface area contributed by atoms with E-state index in [1.165, 1.54) is 5.69 Å². The maximum atomic E-state index is 4.31. The average Bonchev–Trinajstić information content (AvgIpc) is 2.66. The van der Waals surface area contributed by atoms with Crippen LogP contribution in [0.1, 0.15) is 26.5 Å². The van der Waals surface area contributed by atoms with Gasteiger partial charge in [-0.3, -0.25) is 4.90 Å². The Bertz CT molecular complexity index is 282. The molecule has 0 unspecified atom stereocenters. The third-order valence-corrected chi connectivity index (χ3v) is 3.10. The predicted molar refractivity (Wildman–Crippen MR) is 70.8 cm³/mol. The average molecular weight is 241 g/mol. The molecule has 0 aliphatic rings. The fourth-order valence-corrected chi connectivity index (χ4v) is 2.45. The van der Waals surface area contributed by atoms with Gasteiger partial charge >= 0.3 is 0 Å². The van der Waals surface area contributed by atoms with Gasteiger partial charge in [-0.1, -0.05) is 20.8 Å². The van der Waals surface area contributed by atoms with Gasteiger partial charge in [-0.05, 0) is 19.0 Å². The number of nitrogens with zero attached hydrogens (tertiary/aromatic N) is 2. The highest BCUT2D eigenvalue weighted by Crippen LogP contribution is 2.16. The van der Waals surface area contributed by atoms with E-state index in [4.69, 9.17) is 0 Å². The van der Waals surface area contributed by atoms with Crippen LogP contribution in [0.4, 0.5) is 0 Å². The fourth-order valence-electron chi connectivity index (χ4n) is 1.90. The van der Waals surface area contributed by atoms with Crippen LogP contribution in [0.2, 0.25) is 0 Å². The Hall–Kier alpha value is -0.450. The molecule has 0 saturated carbocycles. The van der Waals surface area contributed by atoms with E-state index in [-0.39, 0.29) is 0 Å². The van der Waals surface area contributed by atoms with Crippen molar-refractivity contribution < 1.29 is 0 Å². The van der Waals surface area contributed by atoms with Crippen molar-refractivity contribution in [1.82, 2.24) is 15.2 Å². The number of hydrogen-bond donors (Lipinski definition) is 1. The van der Waals surface area contributed by atoms with Crippen molar-refractivity contribution in [1.29, 1.82) is 0 Å². The lowest BCUT2D eigenvalue weighted by atomic mass is 9.93. The van der Waals surface area contributed by atoms with Crippen molar-refractivity contribution in [2.45, 2.75) is 27.3 Å². The Morgan fingerprint density at radius 2 is 2.25 bits per heavy atom. The first-order valence-corrected chi connectivity index (χ1v) is 6.74. The summed E-state index contributed by atoms with van der Waals surface area (Å²) in [5.74, 6) is 0. The quantitative estimate of drug-likeness (QED) is 0.793. The molecule has 3 nitrogen and oxygen atoms in total. The highest BCUT2D eigenvalue weighted by atomic mass is 32.1. The number of thiazole rings is 1. The Kier molecular flexibility index (Phi) is 5.38. The minimum atomic E-state index is 0.306. The van der Waals surface area contributed by atoms with E-state index in [1.807, 2.05) is 5.51 Å². The van der Waals surface area contributed by atoms with E-state index in [0.29, 0.717) is 5.41 Å². The first-order valence-electron chi connectivity index (χ1n) is 5.80. The molecule has 0 amide bonds. The zero-order chi connectivity index (χ0) is 12.0. The Morgan fingerprint density at radius 3 is 2.81 bits per heavy atom. The summed E-state index contributed by atoms with van der Waals surface area (Å²) >= 11 is 1.66. The first-order chi connectivity index (χ1) is 7.53. The molecule has 0 aromatic carbocycles. The van der Waals surface area contributed by atoms with Gasteiger partial charge < -0.3 is 5.32 Å². The standard InChI is InChI=1S/C12H23N3S/c1-5-13-8-12(2,3)9-15(4)6-11-7-16-10-14-11/h7,10,13H,5-6,8-9H2,1-4H3. The number of rotatable bonds is 7. The largest absolute Gasteiger partial charge is 0.316 e. The maximum Gasteiger partial charge on any atom is 0.0795 e. The molecular formula is C12H23N3S. The molecule has 0 atom stereocenters. The molecule has 0 aliphatic carbocycles. The van der Waals surface area contributed by atoms with Crippen molar-refractivity contribution >= 4 is 11.3 Å². The van der Waals surface area contributed by atoms with Crippen LogP contribution in [0, 0.1) is 5.41 Å². The molecule has 1 heterocycles. The molecule has 0 radical (unpaired) electrons. The normalized spacial score (nSPS) is 12.3. The van der Waals surface area contributed by atoms with E-state index in [9.17, 15) is 0 Å². The SMILES string of the molecule is CCNCC(C)(C)CN(C)Cc1cscn1. The molecule has 92 valence electrons. The molecule has 0 bridgehead atoms. The van der Waals surface area contributed by atoms with Crippen molar-refractivity contribution in [3.8, 4) is 0 Å². The summed E-state index contributed by atoms with van der Waals surface area (Å²) in [5.41, 5.74) is 3.38. The lowest BCUT2D eigenvalue weighted by molar-refractivity contribution is 0.198. The third kappa shape index (κ3) is 5.05. The zero-order valence-electron chi connectivity index (χ0n) is 10.8. The monoisotopic (exact) mass is 241 g/mol. The maximum absolute atomic E-state index is 4.31. The molecule has 1 aromatic rings. The Balaban J connectivity index is 2.35. The van der Waals surface area contributed by atoms with Gasteiger partial charge in [0.05, 0.1) is 11.2 Å². The second-order valence-corrected chi connectivity index (χ2v) is 5.82. The second kappa shape index (κ2) is 6.33. The van der Waals surface area contributed by atoms with Gasteiger partial charge in [0.2, 0.25) is 0 Å². The van der Waals surface area contributed by atoms with Crippen LogP contribution in [0.25, 0.3) is 0 Å². The minimum absolute atomic E-state index is 0.306. The molecule has 4 heteroatoms. The van der Waals surface area contributed by atoms with E-state index < -0.39 is 0 Å². The topological polar surface area (TPSA) is 28.2 Å². The van der Waals surface area contributed by atoms with Crippen LogP contribution in [0.15, 0.2) is 10.9 Å². The van der Waals surface area contributed by atoms with Crippen LogP contribution in [0.5, 0.6) is 0 Å². The van der Waals surface area contributed by atoms with E-state index in [0.717, 1.165) is 26.2 Å². The predicted octanol–water partition coefficient (Wildman–Crippen LogP) is 2.21.